The van der Waals surface area contributed by atoms with Crippen molar-refractivity contribution in [2.45, 2.75) is 18.1 Å². The smallest absolute Gasteiger partial charge is 0.387 e. The van der Waals surface area contributed by atoms with Crippen LogP contribution in [0.4, 0.5) is 8.78 Å². The number of nitrogens with zero attached hydrogens (tertiary/aromatic N) is 1. The molecule has 2 rings (SSSR count). The summed E-state index contributed by atoms with van der Waals surface area (Å²) in [4.78, 5) is 14.0. The van der Waals surface area contributed by atoms with E-state index >= 15 is 0 Å². The minimum absolute atomic E-state index is 0.0246. The Morgan fingerprint density at radius 3 is 2.48 bits per heavy atom. The molecule has 0 saturated carbocycles. The number of carbonyl (C=O) groups excluding carboxylic acids is 1. The molecule has 0 saturated heterocycles. The largest absolute Gasteiger partial charge is 0.435 e. The first-order chi connectivity index (χ1) is 13.7. The van der Waals surface area contributed by atoms with Crippen LogP contribution in [0, 0.1) is 0 Å². The van der Waals surface area contributed by atoms with E-state index in [-0.39, 0.29) is 41.8 Å². The van der Waals surface area contributed by atoms with Gasteiger partial charge in [0.15, 0.2) is 0 Å². The molecule has 0 aliphatic carbocycles. The molecule has 1 N–H and O–H groups in total. The predicted octanol–water partition coefficient (Wildman–Crippen LogP) is 2.48. The van der Waals surface area contributed by atoms with Crippen molar-refractivity contribution >= 4 is 15.9 Å². The summed E-state index contributed by atoms with van der Waals surface area (Å²) in [6.07, 6.45) is 0. The van der Waals surface area contributed by atoms with Gasteiger partial charge < -0.3 is 14.4 Å². The second-order valence-corrected chi connectivity index (χ2v) is 7.87. The maximum Gasteiger partial charge on any atom is 0.387 e. The minimum atomic E-state index is -3.76. The van der Waals surface area contributed by atoms with E-state index in [1.54, 1.807) is 19.2 Å². The third-order valence-electron chi connectivity index (χ3n) is 3.90. The van der Waals surface area contributed by atoms with Crippen LogP contribution in [0.3, 0.4) is 0 Å². The lowest BCUT2D eigenvalue weighted by molar-refractivity contribution is -0.0498. The van der Waals surface area contributed by atoms with Gasteiger partial charge in [-0.2, -0.15) is 8.78 Å². The van der Waals surface area contributed by atoms with Crippen LogP contribution in [0.15, 0.2) is 53.4 Å². The Kier molecular flexibility index (Phi) is 8.06. The second kappa shape index (κ2) is 10.3. The first-order valence-corrected chi connectivity index (χ1v) is 10.1. The monoisotopic (exact) mass is 428 g/mol. The summed E-state index contributed by atoms with van der Waals surface area (Å²) >= 11 is 0. The zero-order valence-electron chi connectivity index (χ0n) is 16.0. The van der Waals surface area contributed by atoms with Crippen LogP contribution in [0.5, 0.6) is 5.75 Å². The van der Waals surface area contributed by atoms with E-state index in [9.17, 15) is 22.0 Å². The van der Waals surface area contributed by atoms with Gasteiger partial charge in [0, 0.05) is 32.8 Å². The Bertz CT molecular complexity index is 920. The zero-order chi connectivity index (χ0) is 21.4. The molecule has 0 atom stereocenters. The standard InChI is InChI=1S/C19H22F2N2O5S/c1-23(13-14-6-8-16(9-7-14)28-19(20)21)18(24)15-4-3-5-17(12-15)29(25,26)22-10-11-27-2/h3-9,12,19,22H,10-11,13H2,1-2H3. The molecular formula is C19H22F2N2O5S. The fraction of sp³-hybridized carbons (Fsp3) is 0.316. The van der Waals surface area contributed by atoms with Crippen molar-refractivity contribution in [3.05, 3.63) is 59.7 Å². The highest BCUT2D eigenvalue weighted by molar-refractivity contribution is 7.89. The molecule has 158 valence electrons. The first-order valence-electron chi connectivity index (χ1n) is 8.61. The summed E-state index contributed by atoms with van der Waals surface area (Å²) in [5.74, 6) is -0.358. The number of alkyl halides is 2. The van der Waals surface area contributed by atoms with Crippen LogP contribution in [0.25, 0.3) is 0 Å². The highest BCUT2D eigenvalue weighted by Crippen LogP contribution is 2.17. The molecule has 2 aromatic rings. The fourth-order valence-electron chi connectivity index (χ4n) is 2.50. The maximum absolute atomic E-state index is 12.7. The second-order valence-electron chi connectivity index (χ2n) is 6.10. The Hall–Kier alpha value is -2.56. The highest BCUT2D eigenvalue weighted by atomic mass is 32.2. The SMILES string of the molecule is COCCNS(=O)(=O)c1cccc(C(=O)N(C)Cc2ccc(OC(F)F)cc2)c1. The summed E-state index contributed by atoms with van der Waals surface area (Å²) in [6, 6.07) is 11.6. The lowest BCUT2D eigenvalue weighted by Gasteiger charge is -2.18. The molecule has 0 heterocycles. The number of nitrogens with one attached hydrogen (secondary N) is 1. The summed E-state index contributed by atoms with van der Waals surface area (Å²) in [6.45, 7) is -2.36. The topological polar surface area (TPSA) is 84.9 Å². The van der Waals surface area contributed by atoms with Crippen molar-refractivity contribution in [2.24, 2.45) is 0 Å². The number of hydrogen-bond donors (Lipinski definition) is 1. The quantitative estimate of drug-likeness (QED) is 0.588. The average molecular weight is 428 g/mol. The lowest BCUT2D eigenvalue weighted by atomic mass is 10.1. The molecule has 0 unspecified atom stereocenters. The summed E-state index contributed by atoms with van der Waals surface area (Å²) < 4.78 is 60.5. The van der Waals surface area contributed by atoms with Crippen molar-refractivity contribution < 1.29 is 31.5 Å². The molecule has 0 bridgehead atoms. The molecule has 7 nitrogen and oxygen atoms in total. The van der Waals surface area contributed by atoms with E-state index < -0.39 is 16.6 Å². The molecule has 0 radical (unpaired) electrons. The maximum atomic E-state index is 12.7. The van der Waals surface area contributed by atoms with Crippen LogP contribution >= 0.6 is 0 Å². The number of ether oxygens (including phenoxy) is 2. The van der Waals surface area contributed by atoms with Crippen molar-refractivity contribution in [3.8, 4) is 5.75 Å². The molecule has 0 spiro atoms. The van der Waals surface area contributed by atoms with Crippen molar-refractivity contribution in [3.63, 3.8) is 0 Å². The molecule has 0 aromatic heterocycles. The summed E-state index contributed by atoms with van der Waals surface area (Å²) in [5.41, 5.74) is 0.909. The molecular weight excluding hydrogens is 406 g/mol. The van der Waals surface area contributed by atoms with Crippen LogP contribution in [-0.4, -0.2) is 53.1 Å². The number of rotatable bonds is 10. The Morgan fingerprint density at radius 2 is 1.86 bits per heavy atom. The van der Waals surface area contributed by atoms with E-state index in [0.29, 0.717) is 5.56 Å². The lowest BCUT2D eigenvalue weighted by Crippen LogP contribution is -2.28. The first kappa shape index (κ1) is 22.7. The average Bonchev–Trinajstić information content (AvgIpc) is 2.68. The normalized spacial score (nSPS) is 11.5. The van der Waals surface area contributed by atoms with Gasteiger partial charge in [0.1, 0.15) is 5.75 Å². The number of carbonyl (C=O) groups is 1. The van der Waals surface area contributed by atoms with Gasteiger partial charge in [-0.3, -0.25) is 4.79 Å². The van der Waals surface area contributed by atoms with E-state index in [4.69, 9.17) is 4.74 Å². The van der Waals surface area contributed by atoms with Gasteiger partial charge in [-0.05, 0) is 35.9 Å². The third kappa shape index (κ3) is 6.77. The van der Waals surface area contributed by atoms with Gasteiger partial charge in [-0.1, -0.05) is 18.2 Å². The molecule has 1 amide bonds. The minimum Gasteiger partial charge on any atom is -0.435 e. The summed E-state index contributed by atoms with van der Waals surface area (Å²) in [7, 11) is -0.743. The number of methoxy groups -OCH3 is 1. The van der Waals surface area contributed by atoms with Crippen LogP contribution in [-0.2, 0) is 21.3 Å². The van der Waals surface area contributed by atoms with Gasteiger partial charge in [0.2, 0.25) is 10.0 Å². The molecule has 0 fully saturated rings. The Labute approximate surface area is 168 Å². The molecule has 0 aliphatic heterocycles. The van der Waals surface area contributed by atoms with Crippen molar-refractivity contribution in [1.29, 1.82) is 0 Å². The van der Waals surface area contributed by atoms with Crippen LogP contribution in [0.1, 0.15) is 15.9 Å². The van der Waals surface area contributed by atoms with Gasteiger partial charge in [-0.15, -0.1) is 0 Å². The van der Waals surface area contributed by atoms with Gasteiger partial charge in [0.25, 0.3) is 5.91 Å². The Balaban J connectivity index is 2.07. The Morgan fingerprint density at radius 1 is 1.17 bits per heavy atom. The number of amides is 1. The van der Waals surface area contributed by atoms with Crippen molar-refractivity contribution in [1.82, 2.24) is 9.62 Å². The zero-order valence-corrected chi connectivity index (χ0v) is 16.8. The van der Waals surface area contributed by atoms with Crippen LogP contribution < -0.4 is 9.46 Å². The molecule has 10 heteroatoms. The highest BCUT2D eigenvalue weighted by Gasteiger charge is 2.18. The van der Waals surface area contributed by atoms with E-state index in [1.165, 1.54) is 48.4 Å². The number of hydrogen-bond acceptors (Lipinski definition) is 5. The van der Waals surface area contributed by atoms with Crippen molar-refractivity contribution in [2.75, 3.05) is 27.3 Å². The molecule has 2 aromatic carbocycles. The van der Waals surface area contributed by atoms with Gasteiger partial charge in [-0.25, -0.2) is 13.1 Å². The van der Waals surface area contributed by atoms with E-state index in [2.05, 4.69) is 9.46 Å². The summed E-state index contributed by atoms with van der Waals surface area (Å²) in [5, 5.41) is 0. The fourth-order valence-corrected chi connectivity index (χ4v) is 3.56. The number of sulfonamides is 1. The van der Waals surface area contributed by atoms with Gasteiger partial charge in [0.05, 0.1) is 11.5 Å². The van der Waals surface area contributed by atoms with Gasteiger partial charge >= 0.3 is 6.61 Å². The van der Waals surface area contributed by atoms with E-state index in [1.807, 2.05) is 0 Å². The van der Waals surface area contributed by atoms with Crippen LogP contribution in [0.2, 0.25) is 0 Å². The number of benzene rings is 2. The number of halogens is 2. The molecule has 0 aliphatic rings. The molecule has 29 heavy (non-hydrogen) atoms. The van der Waals surface area contributed by atoms with E-state index in [0.717, 1.165) is 0 Å². The predicted molar refractivity (Wildman–Crippen MR) is 102 cm³/mol. The third-order valence-corrected chi connectivity index (χ3v) is 5.36.